The van der Waals surface area contributed by atoms with Crippen LogP contribution in [0.4, 0.5) is 14.5 Å². The first-order valence-corrected chi connectivity index (χ1v) is 9.30. The van der Waals surface area contributed by atoms with Crippen molar-refractivity contribution in [1.82, 2.24) is 29.9 Å². The van der Waals surface area contributed by atoms with E-state index in [0.717, 1.165) is 6.20 Å². The molecule has 1 aromatic carbocycles. The van der Waals surface area contributed by atoms with Crippen molar-refractivity contribution < 1.29 is 13.5 Å². The summed E-state index contributed by atoms with van der Waals surface area (Å²) in [6.45, 7) is 1.75. The van der Waals surface area contributed by atoms with Gasteiger partial charge in [-0.05, 0) is 25.1 Å². The molecule has 8 nitrogen and oxygen atoms in total. The van der Waals surface area contributed by atoms with Crippen LogP contribution in [-0.2, 0) is 0 Å². The Labute approximate surface area is 174 Å². The number of ether oxygens (including phenoxy) is 1. The van der Waals surface area contributed by atoms with Crippen molar-refractivity contribution in [1.29, 1.82) is 0 Å². The zero-order valence-electron chi connectivity index (χ0n) is 16.4. The highest BCUT2D eigenvalue weighted by Gasteiger charge is 2.19. The maximum atomic E-state index is 14.3. The van der Waals surface area contributed by atoms with Crippen LogP contribution in [-0.4, -0.2) is 37.0 Å². The lowest BCUT2D eigenvalue weighted by atomic mass is 10.1. The number of hydrogen-bond acceptors (Lipinski definition) is 7. The first-order valence-electron chi connectivity index (χ1n) is 9.30. The van der Waals surface area contributed by atoms with Crippen LogP contribution in [0.2, 0.25) is 0 Å². The number of nitrogens with zero attached hydrogens (tertiary/aromatic N) is 5. The van der Waals surface area contributed by atoms with E-state index in [1.54, 1.807) is 14.0 Å². The van der Waals surface area contributed by atoms with Crippen LogP contribution in [0.25, 0.3) is 33.2 Å². The van der Waals surface area contributed by atoms with Crippen molar-refractivity contribution in [2.24, 2.45) is 0 Å². The number of benzene rings is 1. The molecular formula is C21H15F2N7O. The third-order valence-corrected chi connectivity index (χ3v) is 4.72. The molecule has 0 aliphatic heterocycles. The Balaban J connectivity index is 1.79. The van der Waals surface area contributed by atoms with Gasteiger partial charge < -0.3 is 15.0 Å². The first kappa shape index (κ1) is 18.8. The number of nitrogens with one attached hydrogen (secondary N) is 2. The number of aromatic amines is 1. The molecule has 0 aliphatic rings. The standard InChI is InChI=1S/C21H15F2N7O/c1-10-26-8-14(9-27-10)31-21-29-18(11-3-13(23)7-25-6-11)17-15-4-12(22)5-16(24-2)19(15)28-20(17)30-21/h3-9,24H,1-2H3,(H,28,29,30). The summed E-state index contributed by atoms with van der Waals surface area (Å²) >= 11 is 0. The highest BCUT2D eigenvalue weighted by atomic mass is 19.1. The number of halogens is 2. The molecule has 2 N–H and O–H groups in total. The summed E-state index contributed by atoms with van der Waals surface area (Å²) in [6.07, 6.45) is 5.57. The number of rotatable bonds is 4. The fourth-order valence-electron chi connectivity index (χ4n) is 3.37. The molecule has 0 amide bonds. The molecule has 4 heterocycles. The van der Waals surface area contributed by atoms with E-state index in [-0.39, 0.29) is 6.01 Å². The van der Waals surface area contributed by atoms with Gasteiger partial charge in [0.15, 0.2) is 5.75 Å². The lowest BCUT2D eigenvalue weighted by Gasteiger charge is -2.08. The maximum Gasteiger partial charge on any atom is 0.324 e. The minimum Gasteiger partial charge on any atom is -0.421 e. The Morgan fingerprint density at radius 3 is 2.52 bits per heavy atom. The molecule has 4 aromatic heterocycles. The van der Waals surface area contributed by atoms with Crippen LogP contribution in [0.15, 0.2) is 43.0 Å². The van der Waals surface area contributed by atoms with Gasteiger partial charge in [0.25, 0.3) is 0 Å². The monoisotopic (exact) mass is 419 g/mol. The largest absolute Gasteiger partial charge is 0.421 e. The molecular weight excluding hydrogens is 404 g/mol. The van der Waals surface area contributed by atoms with Crippen molar-refractivity contribution in [3.05, 3.63) is 60.4 Å². The van der Waals surface area contributed by atoms with Gasteiger partial charge in [-0.1, -0.05) is 0 Å². The molecule has 0 aliphatic carbocycles. The predicted octanol–water partition coefficient (Wildman–Crippen LogP) is 4.38. The molecule has 5 aromatic rings. The van der Waals surface area contributed by atoms with E-state index in [9.17, 15) is 8.78 Å². The predicted molar refractivity (Wildman–Crippen MR) is 111 cm³/mol. The zero-order chi connectivity index (χ0) is 21.5. The van der Waals surface area contributed by atoms with Crippen LogP contribution in [0, 0.1) is 18.6 Å². The summed E-state index contributed by atoms with van der Waals surface area (Å²) < 4.78 is 33.9. The molecule has 0 radical (unpaired) electrons. The number of fused-ring (bicyclic) bond motifs is 3. The van der Waals surface area contributed by atoms with Crippen LogP contribution < -0.4 is 10.1 Å². The summed E-state index contributed by atoms with van der Waals surface area (Å²) in [7, 11) is 1.69. The molecule has 0 atom stereocenters. The van der Waals surface area contributed by atoms with Gasteiger partial charge in [0.05, 0.1) is 40.9 Å². The SMILES string of the molecule is CNc1cc(F)cc2c1[nH]c1nc(Oc3cnc(C)nc3)nc(-c3cncc(F)c3)c12. The second-order valence-electron chi connectivity index (χ2n) is 6.79. The van der Waals surface area contributed by atoms with E-state index in [2.05, 4.69) is 35.2 Å². The van der Waals surface area contributed by atoms with E-state index < -0.39 is 11.6 Å². The molecule has 31 heavy (non-hydrogen) atoms. The molecule has 0 saturated carbocycles. The molecule has 5 rings (SSSR count). The Bertz CT molecular complexity index is 1430. The molecule has 154 valence electrons. The van der Waals surface area contributed by atoms with E-state index in [1.807, 2.05) is 0 Å². The van der Waals surface area contributed by atoms with E-state index >= 15 is 0 Å². The maximum absolute atomic E-state index is 14.3. The van der Waals surface area contributed by atoms with Crippen molar-refractivity contribution in [3.63, 3.8) is 0 Å². The lowest BCUT2D eigenvalue weighted by molar-refractivity contribution is 0.440. The van der Waals surface area contributed by atoms with Crippen molar-refractivity contribution in [2.45, 2.75) is 6.92 Å². The average Bonchev–Trinajstić information content (AvgIpc) is 3.12. The minimum absolute atomic E-state index is 0.00255. The van der Waals surface area contributed by atoms with Crippen LogP contribution in [0.1, 0.15) is 5.82 Å². The lowest BCUT2D eigenvalue weighted by Crippen LogP contribution is -1.97. The van der Waals surface area contributed by atoms with Gasteiger partial charge in [-0.2, -0.15) is 9.97 Å². The molecule has 0 unspecified atom stereocenters. The number of aromatic nitrogens is 6. The third-order valence-electron chi connectivity index (χ3n) is 4.72. The molecule has 0 saturated heterocycles. The number of anilines is 1. The molecule has 0 bridgehead atoms. The molecule has 10 heteroatoms. The molecule has 0 fully saturated rings. The summed E-state index contributed by atoms with van der Waals surface area (Å²) in [5.41, 5.74) is 2.32. The van der Waals surface area contributed by atoms with Gasteiger partial charge in [-0.25, -0.2) is 18.7 Å². The Morgan fingerprint density at radius 2 is 1.77 bits per heavy atom. The Morgan fingerprint density at radius 1 is 0.968 bits per heavy atom. The minimum atomic E-state index is -0.527. The first-order chi connectivity index (χ1) is 15.0. The second kappa shape index (κ2) is 7.24. The topological polar surface area (TPSA) is 102 Å². The van der Waals surface area contributed by atoms with Gasteiger partial charge in [-0.3, -0.25) is 4.98 Å². The summed E-state index contributed by atoms with van der Waals surface area (Å²) in [5.74, 6) is -0.0300. The van der Waals surface area contributed by atoms with Crippen molar-refractivity contribution in [2.75, 3.05) is 12.4 Å². The van der Waals surface area contributed by atoms with Gasteiger partial charge in [0, 0.05) is 24.2 Å². The van der Waals surface area contributed by atoms with Crippen LogP contribution >= 0.6 is 0 Å². The fourth-order valence-corrected chi connectivity index (χ4v) is 3.37. The highest BCUT2D eigenvalue weighted by molar-refractivity contribution is 6.15. The summed E-state index contributed by atoms with van der Waals surface area (Å²) in [4.78, 5) is 24.2. The Kier molecular flexibility index (Phi) is 4.39. The van der Waals surface area contributed by atoms with E-state index in [4.69, 9.17) is 4.74 Å². The van der Waals surface area contributed by atoms with E-state index in [0.29, 0.717) is 50.5 Å². The van der Waals surface area contributed by atoms with Crippen molar-refractivity contribution >= 4 is 27.6 Å². The fraction of sp³-hybridized carbons (Fsp3) is 0.0952. The van der Waals surface area contributed by atoms with Crippen molar-refractivity contribution in [3.8, 4) is 23.0 Å². The highest BCUT2D eigenvalue weighted by Crippen LogP contribution is 2.37. The zero-order valence-corrected chi connectivity index (χ0v) is 16.4. The summed E-state index contributed by atoms with van der Waals surface area (Å²) in [5, 5.41) is 4.02. The second-order valence-corrected chi connectivity index (χ2v) is 6.79. The van der Waals surface area contributed by atoms with Gasteiger partial charge in [0.1, 0.15) is 23.1 Å². The van der Waals surface area contributed by atoms with Gasteiger partial charge in [-0.15, -0.1) is 0 Å². The quantitative estimate of drug-likeness (QED) is 0.446. The van der Waals surface area contributed by atoms with E-state index in [1.165, 1.54) is 36.8 Å². The number of pyridine rings is 1. The average molecular weight is 419 g/mol. The number of H-pyrrole nitrogens is 1. The molecule has 0 spiro atoms. The normalized spacial score (nSPS) is 11.2. The smallest absolute Gasteiger partial charge is 0.324 e. The van der Waals surface area contributed by atoms with Gasteiger partial charge >= 0.3 is 6.01 Å². The Hall–Kier alpha value is -4.21. The van der Waals surface area contributed by atoms with Gasteiger partial charge in [0.2, 0.25) is 0 Å². The number of hydrogen-bond donors (Lipinski definition) is 2. The number of aryl methyl sites for hydroxylation is 1. The van der Waals surface area contributed by atoms with Crippen LogP contribution in [0.3, 0.4) is 0 Å². The third kappa shape index (κ3) is 3.37. The van der Waals surface area contributed by atoms with Crippen LogP contribution in [0.5, 0.6) is 11.8 Å². The summed E-state index contributed by atoms with van der Waals surface area (Å²) in [6, 6.07) is 4.04.